The predicted octanol–water partition coefficient (Wildman–Crippen LogP) is 2.52. The Morgan fingerprint density at radius 3 is 2.72 bits per heavy atom. The lowest BCUT2D eigenvalue weighted by Gasteiger charge is -2.27. The van der Waals surface area contributed by atoms with Gasteiger partial charge in [0, 0.05) is 23.0 Å². The highest BCUT2D eigenvalue weighted by Crippen LogP contribution is 2.41. The van der Waals surface area contributed by atoms with E-state index in [9.17, 15) is 4.79 Å². The third-order valence-corrected chi connectivity index (χ3v) is 4.76. The van der Waals surface area contributed by atoms with Crippen molar-refractivity contribution in [2.75, 3.05) is 0 Å². The molecule has 0 aromatic heterocycles. The summed E-state index contributed by atoms with van der Waals surface area (Å²) < 4.78 is 1.10. The Balaban J connectivity index is 1.97. The predicted molar refractivity (Wildman–Crippen MR) is 74.1 cm³/mol. The second-order valence-electron chi connectivity index (χ2n) is 5.35. The summed E-state index contributed by atoms with van der Waals surface area (Å²) in [4.78, 5) is 14.1. The van der Waals surface area contributed by atoms with E-state index in [0.717, 1.165) is 17.3 Å². The van der Waals surface area contributed by atoms with Gasteiger partial charge >= 0.3 is 0 Å². The SMILES string of the molecule is Cc1cc(C2C(N)CC(=O)N2C2CC2)ccc1Br. The maximum absolute atomic E-state index is 12.0. The third-order valence-electron chi connectivity index (χ3n) is 3.87. The minimum atomic E-state index is -0.0707. The van der Waals surface area contributed by atoms with Gasteiger partial charge in [0.25, 0.3) is 0 Å². The van der Waals surface area contributed by atoms with Crippen LogP contribution in [0, 0.1) is 6.92 Å². The van der Waals surface area contributed by atoms with Crippen LogP contribution in [0.25, 0.3) is 0 Å². The average Bonchev–Trinajstić information content (AvgIpc) is 3.09. The maximum atomic E-state index is 12.0. The van der Waals surface area contributed by atoms with Gasteiger partial charge in [-0.1, -0.05) is 28.1 Å². The van der Waals surface area contributed by atoms with Gasteiger partial charge in [-0.15, -0.1) is 0 Å². The molecular weight excluding hydrogens is 292 g/mol. The van der Waals surface area contributed by atoms with Crippen molar-refractivity contribution in [3.63, 3.8) is 0 Å². The van der Waals surface area contributed by atoms with Crippen molar-refractivity contribution in [3.05, 3.63) is 33.8 Å². The Labute approximate surface area is 115 Å². The highest BCUT2D eigenvalue weighted by molar-refractivity contribution is 9.10. The molecule has 3 rings (SSSR count). The standard InChI is InChI=1S/C14H17BrN2O/c1-8-6-9(2-5-11(8)15)14-12(16)7-13(18)17(14)10-3-4-10/h2,5-6,10,12,14H,3-4,7,16H2,1H3. The molecule has 1 aliphatic carbocycles. The Morgan fingerprint density at radius 2 is 2.11 bits per heavy atom. The van der Waals surface area contributed by atoms with E-state index in [-0.39, 0.29) is 18.0 Å². The molecule has 0 bridgehead atoms. The first-order chi connectivity index (χ1) is 8.58. The number of nitrogens with two attached hydrogens (primary N) is 1. The molecule has 1 amide bonds. The van der Waals surface area contributed by atoms with Crippen molar-refractivity contribution in [2.24, 2.45) is 5.73 Å². The number of carbonyl (C=O) groups is 1. The van der Waals surface area contributed by atoms with Crippen LogP contribution < -0.4 is 5.73 Å². The van der Waals surface area contributed by atoms with Crippen molar-refractivity contribution in [1.82, 2.24) is 4.90 Å². The van der Waals surface area contributed by atoms with Gasteiger partial charge in [0.2, 0.25) is 5.91 Å². The molecule has 2 fully saturated rings. The van der Waals surface area contributed by atoms with E-state index in [4.69, 9.17) is 5.73 Å². The van der Waals surface area contributed by atoms with Crippen LogP contribution >= 0.6 is 15.9 Å². The number of hydrogen-bond donors (Lipinski definition) is 1. The van der Waals surface area contributed by atoms with E-state index < -0.39 is 0 Å². The second kappa shape index (κ2) is 4.35. The first-order valence-corrected chi connectivity index (χ1v) is 7.20. The monoisotopic (exact) mass is 308 g/mol. The average molecular weight is 309 g/mol. The molecule has 2 N–H and O–H groups in total. The van der Waals surface area contributed by atoms with Crippen LogP contribution in [0.4, 0.5) is 0 Å². The van der Waals surface area contributed by atoms with Crippen LogP contribution in [0.1, 0.15) is 36.4 Å². The third kappa shape index (κ3) is 1.97. The molecule has 2 atom stereocenters. The lowest BCUT2D eigenvalue weighted by atomic mass is 9.99. The number of rotatable bonds is 2. The molecule has 1 heterocycles. The summed E-state index contributed by atoms with van der Waals surface area (Å²) in [5, 5.41) is 0. The first kappa shape index (κ1) is 12.2. The molecular formula is C14H17BrN2O. The zero-order chi connectivity index (χ0) is 12.9. The number of likely N-dealkylation sites (tertiary alicyclic amines) is 1. The summed E-state index contributed by atoms with van der Waals surface area (Å²) in [5.41, 5.74) is 8.53. The molecule has 1 saturated heterocycles. The van der Waals surface area contributed by atoms with Crippen LogP contribution in [0.5, 0.6) is 0 Å². The maximum Gasteiger partial charge on any atom is 0.225 e. The van der Waals surface area contributed by atoms with Crippen molar-refractivity contribution < 1.29 is 4.79 Å². The van der Waals surface area contributed by atoms with Gasteiger partial charge in [0.15, 0.2) is 0 Å². The number of halogens is 1. The molecule has 2 aliphatic rings. The van der Waals surface area contributed by atoms with Crippen molar-refractivity contribution >= 4 is 21.8 Å². The van der Waals surface area contributed by atoms with Gasteiger partial charge in [-0.05, 0) is 37.0 Å². The molecule has 1 aromatic rings. The smallest absolute Gasteiger partial charge is 0.225 e. The fraction of sp³-hybridized carbons (Fsp3) is 0.500. The number of hydrogen-bond acceptors (Lipinski definition) is 2. The number of carbonyl (C=O) groups excluding carboxylic acids is 1. The van der Waals surface area contributed by atoms with E-state index >= 15 is 0 Å². The fourth-order valence-electron chi connectivity index (χ4n) is 2.82. The van der Waals surface area contributed by atoms with Crippen LogP contribution in [-0.2, 0) is 4.79 Å². The molecule has 1 saturated carbocycles. The molecule has 0 radical (unpaired) electrons. The molecule has 96 valence electrons. The van der Waals surface area contributed by atoms with E-state index in [1.165, 1.54) is 11.1 Å². The van der Waals surface area contributed by atoms with E-state index in [2.05, 4.69) is 35.0 Å². The zero-order valence-electron chi connectivity index (χ0n) is 10.4. The number of amides is 1. The molecule has 18 heavy (non-hydrogen) atoms. The molecule has 4 heteroatoms. The van der Waals surface area contributed by atoms with E-state index in [1.807, 2.05) is 11.0 Å². The van der Waals surface area contributed by atoms with Gasteiger partial charge in [0.1, 0.15) is 0 Å². The summed E-state index contributed by atoms with van der Waals surface area (Å²) >= 11 is 3.51. The minimum Gasteiger partial charge on any atom is -0.331 e. The van der Waals surface area contributed by atoms with E-state index in [0.29, 0.717) is 12.5 Å². The van der Waals surface area contributed by atoms with Crippen LogP contribution in [0.2, 0.25) is 0 Å². The Morgan fingerprint density at radius 1 is 1.39 bits per heavy atom. The van der Waals surface area contributed by atoms with Gasteiger partial charge in [-0.25, -0.2) is 0 Å². The summed E-state index contributed by atoms with van der Waals surface area (Å²) in [5.74, 6) is 0.218. The molecule has 0 spiro atoms. The Hall–Kier alpha value is -0.870. The van der Waals surface area contributed by atoms with Gasteiger partial charge in [-0.3, -0.25) is 4.79 Å². The first-order valence-electron chi connectivity index (χ1n) is 6.40. The summed E-state index contributed by atoms with van der Waals surface area (Å²) in [6, 6.07) is 6.69. The van der Waals surface area contributed by atoms with E-state index in [1.54, 1.807) is 0 Å². The number of benzene rings is 1. The highest BCUT2D eigenvalue weighted by atomic mass is 79.9. The number of nitrogens with zero attached hydrogens (tertiary/aromatic N) is 1. The van der Waals surface area contributed by atoms with Crippen molar-refractivity contribution in [1.29, 1.82) is 0 Å². The zero-order valence-corrected chi connectivity index (χ0v) is 12.0. The quantitative estimate of drug-likeness (QED) is 0.912. The Kier molecular flexibility index (Phi) is 2.94. The van der Waals surface area contributed by atoms with Crippen molar-refractivity contribution in [2.45, 2.75) is 44.3 Å². The Bertz CT molecular complexity index is 499. The topological polar surface area (TPSA) is 46.3 Å². The second-order valence-corrected chi connectivity index (χ2v) is 6.21. The summed E-state index contributed by atoms with van der Waals surface area (Å²) in [7, 11) is 0. The van der Waals surface area contributed by atoms with Crippen LogP contribution in [-0.4, -0.2) is 22.9 Å². The molecule has 2 unspecified atom stereocenters. The fourth-order valence-corrected chi connectivity index (χ4v) is 3.07. The van der Waals surface area contributed by atoms with Crippen LogP contribution in [0.15, 0.2) is 22.7 Å². The highest BCUT2D eigenvalue weighted by Gasteiger charge is 2.45. The number of aryl methyl sites for hydroxylation is 1. The van der Waals surface area contributed by atoms with Gasteiger partial charge in [0.05, 0.1) is 6.04 Å². The largest absolute Gasteiger partial charge is 0.331 e. The van der Waals surface area contributed by atoms with Gasteiger partial charge in [-0.2, -0.15) is 0 Å². The molecule has 1 aromatic carbocycles. The normalized spacial score (nSPS) is 27.9. The molecule has 1 aliphatic heterocycles. The molecule has 3 nitrogen and oxygen atoms in total. The minimum absolute atomic E-state index is 0.0665. The lowest BCUT2D eigenvalue weighted by Crippen LogP contribution is -2.34. The van der Waals surface area contributed by atoms with Crippen molar-refractivity contribution in [3.8, 4) is 0 Å². The summed E-state index contributed by atoms with van der Waals surface area (Å²) in [6.45, 7) is 2.07. The summed E-state index contributed by atoms with van der Waals surface area (Å²) in [6.07, 6.45) is 2.74. The van der Waals surface area contributed by atoms with Crippen LogP contribution in [0.3, 0.4) is 0 Å². The van der Waals surface area contributed by atoms with Gasteiger partial charge < -0.3 is 10.6 Å². The lowest BCUT2D eigenvalue weighted by molar-refractivity contribution is -0.129.